The number of aromatic nitrogens is 1. The van der Waals surface area contributed by atoms with E-state index in [-0.39, 0.29) is 17.7 Å². The minimum Gasteiger partial charge on any atom is -0.320 e. The quantitative estimate of drug-likeness (QED) is 0.674. The van der Waals surface area contributed by atoms with Crippen LogP contribution in [0.15, 0.2) is 72.9 Å². The van der Waals surface area contributed by atoms with E-state index in [0.29, 0.717) is 29.0 Å². The van der Waals surface area contributed by atoms with Crippen molar-refractivity contribution < 1.29 is 9.59 Å². The van der Waals surface area contributed by atoms with Crippen LogP contribution < -0.4 is 10.2 Å². The number of fused-ring (bicyclic) bond motifs is 6. The molecule has 4 atom stereocenters. The van der Waals surface area contributed by atoms with Crippen molar-refractivity contribution in [1.29, 1.82) is 0 Å². The van der Waals surface area contributed by atoms with Gasteiger partial charge in [-0.3, -0.25) is 14.6 Å². The molecule has 1 saturated heterocycles. The van der Waals surface area contributed by atoms with Gasteiger partial charge in [0.05, 0.1) is 11.2 Å². The van der Waals surface area contributed by atoms with Gasteiger partial charge in [0, 0.05) is 35.3 Å². The van der Waals surface area contributed by atoms with Gasteiger partial charge < -0.3 is 10.2 Å². The van der Waals surface area contributed by atoms with E-state index in [9.17, 15) is 9.59 Å². The predicted octanol–water partition coefficient (Wildman–Crippen LogP) is 4.27. The van der Waals surface area contributed by atoms with E-state index in [1.807, 2.05) is 47.4 Å². The first-order valence-electron chi connectivity index (χ1n) is 10.4. The number of carbonyl (C=O) groups excluding carboxylic acids is 2. The number of allylic oxidation sites excluding steroid dienone is 2. The molecular weight excluding hydrogens is 374 g/mol. The summed E-state index contributed by atoms with van der Waals surface area (Å²) in [5.41, 5.74) is 2.88. The van der Waals surface area contributed by atoms with Crippen LogP contribution in [0.5, 0.6) is 0 Å². The first-order valence-corrected chi connectivity index (χ1v) is 10.4. The molecule has 2 aromatic carbocycles. The van der Waals surface area contributed by atoms with Crippen molar-refractivity contribution in [3.63, 3.8) is 0 Å². The molecule has 2 bridgehead atoms. The van der Waals surface area contributed by atoms with Gasteiger partial charge in [0.25, 0.3) is 5.91 Å². The molecular formula is C25H21N3O2. The second kappa shape index (κ2) is 6.52. The predicted molar refractivity (Wildman–Crippen MR) is 116 cm³/mol. The summed E-state index contributed by atoms with van der Waals surface area (Å²) < 4.78 is 0. The monoisotopic (exact) mass is 395 g/mol. The molecule has 148 valence electrons. The lowest BCUT2D eigenvalue weighted by Gasteiger charge is -2.19. The van der Waals surface area contributed by atoms with Gasteiger partial charge in [-0.25, -0.2) is 0 Å². The third kappa shape index (κ3) is 2.58. The van der Waals surface area contributed by atoms with Crippen LogP contribution in [0.2, 0.25) is 0 Å². The number of nitrogens with one attached hydrogen (secondary N) is 1. The standard InChI is InChI=1S/C25H21N3O2/c29-24(27-21-5-1-3-15-4-2-12-26-23(15)21)16-8-10-19(11-9-16)28-14-20-17-6-7-18(13-17)22(20)25(28)30/h1-12,17-18,20,22H,13-14H2,(H,27,29)/t17-,18+,20-,22+/m0/s1. The highest BCUT2D eigenvalue weighted by Crippen LogP contribution is 2.52. The number of anilines is 2. The van der Waals surface area contributed by atoms with Crippen LogP contribution in [0, 0.1) is 23.7 Å². The number of hydrogen-bond acceptors (Lipinski definition) is 3. The zero-order valence-corrected chi connectivity index (χ0v) is 16.4. The summed E-state index contributed by atoms with van der Waals surface area (Å²) in [6.45, 7) is 0.780. The van der Waals surface area contributed by atoms with Gasteiger partial charge in [0.1, 0.15) is 0 Å². The fourth-order valence-electron chi connectivity index (χ4n) is 5.45. The summed E-state index contributed by atoms with van der Waals surface area (Å²) in [5.74, 6) is 1.59. The average molecular weight is 395 g/mol. The van der Waals surface area contributed by atoms with Crippen molar-refractivity contribution in [2.45, 2.75) is 6.42 Å². The molecule has 2 aliphatic carbocycles. The summed E-state index contributed by atoms with van der Waals surface area (Å²) in [5, 5.41) is 3.94. The lowest BCUT2D eigenvalue weighted by molar-refractivity contribution is -0.121. The number of rotatable bonds is 3. The highest BCUT2D eigenvalue weighted by molar-refractivity contribution is 6.08. The molecule has 2 fully saturated rings. The van der Waals surface area contributed by atoms with E-state index >= 15 is 0 Å². The largest absolute Gasteiger partial charge is 0.320 e. The molecule has 2 amide bonds. The Balaban J connectivity index is 1.21. The molecule has 1 aromatic heterocycles. The molecule has 3 aromatic rings. The second-order valence-electron chi connectivity index (χ2n) is 8.47. The minimum atomic E-state index is -0.188. The van der Waals surface area contributed by atoms with Gasteiger partial charge in [-0.2, -0.15) is 0 Å². The Labute approximate surface area is 174 Å². The first kappa shape index (κ1) is 17.4. The van der Waals surface area contributed by atoms with Crippen LogP contribution in [0.1, 0.15) is 16.8 Å². The summed E-state index contributed by atoms with van der Waals surface area (Å²) >= 11 is 0. The minimum absolute atomic E-state index is 0.141. The smallest absolute Gasteiger partial charge is 0.255 e. The Morgan fingerprint density at radius 2 is 1.80 bits per heavy atom. The van der Waals surface area contributed by atoms with Gasteiger partial charge in [0.15, 0.2) is 0 Å². The van der Waals surface area contributed by atoms with Crippen LogP contribution in [0.3, 0.4) is 0 Å². The highest BCUT2D eigenvalue weighted by atomic mass is 16.2. The molecule has 3 aliphatic rings. The maximum Gasteiger partial charge on any atom is 0.255 e. The zero-order chi connectivity index (χ0) is 20.2. The molecule has 0 spiro atoms. The van der Waals surface area contributed by atoms with E-state index < -0.39 is 0 Å². The number of benzene rings is 2. The third-order valence-corrected chi connectivity index (χ3v) is 6.89. The van der Waals surface area contributed by atoms with Crippen LogP contribution in [-0.2, 0) is 4.79 Å². The van der Waals surface area contributed by atoms with Gasteiger partial charge in [-0.1, -0.05) is 30.4 Å². The fraction of sp³-hybridized carbons (Fsp3) is 0.240. The Kier molecular flexibility index (Phi) is 3.78. The van der Waals surface area contributed by atoms with Crippen LogP contribution in [0.25, 0.3) is 10.9 Å². The maximum atomic E-state index is 13.0. The molecule has 0 unspecified atom stereocenters. The molecule has 30 heavy (non-hydrogen) atoms. The molecule has 1 N–H and O–H groups in total. The van der Waals surface area contributed by atoms with Crippen molar-refractivity contribution in [3.8, 4) is 0 Å². The lowest BCUT2D eigenvalue weighted by Crippen LogP contribution is -2.29. The van der Waals surface area contributed by atoms with Gasteiger partial charge in [0.2, 0.25) is 5.91 Å². The van der Waals surface area contributed by atoms with Crippen LogP contribution in [0.4, 0.5) is 11.4 Å². The zero-order valence-electron chi connectivity index (χ0n) is 16.4. The van der Waals surface area contributed by atoms with Crippen molar-refractivity contribution in [2.24, 2.45) is 23.7 Å². The molecule has 6 rings (SSSR count). The number of carbonyl (C=O) groups is 2. The van der Waals surface area contributed by atoms with Gasteiger partial charge >= 0.3 is 0 Å². The summed E-state index contributed by atoms with van der Waals surface area (Å²) in [4.78, 5) is 32.0. The summed E-state index contributed by atoms with van der Waals surface area (Å²) in [6, 6.07) is 16.9. The van der Waals surface area contributed by atoms with Crippen molar-refractivity contribution in [1.82, 2.24) is 4.98 Å². The van der Waals surface area contributed by atoms with E-state index in [4.69, 9.17) is 0 Å². The Morgan fingerprint density at radius 3 is 2.63 bits per heavy atom. The maximum absolute atomic E-state index is 13.0. The summed E-state index contributed by atoms with van der Waals surface area (Å²) in [6.07, 6.45) is 7.37. The fourth-order valence-corrected chi connectivity index (χ4v) is 5.45. The van der Waals surface area contributed by atoms with E-state index in [0.717, 1.165) is 29.6 Å². The van der Waals surface area contributed by atoms with Crippen LogP contribution in [-0.4, -0.2) is 23.3 Å². The number of pyridine rings is 1. The van der Waals surface area contributed by atoms with Crippen LogP contribution >= 0.6 is 0 Å². The number of nitrogens with zero attached hydrogens (tertiary/aromatic N) is 2. The Morgan fingerprint density at radius 1 is 1.00 bits per heavy atom. The number of amides is 2. The molecule has 2 heterocycles. The average Bonchev–Trinajstić information content (AvgIpc) is 3.48. The SMILES string of the molecule is O=C(Nc1cccc2cccnc12)c1ccc(N2C[C@@H]3[C@H](C2=O)[C@@H]2C=C[C@H]3C2)cc1. The first-order chi connectivity index (χ1) is 14.7. The van der Waals surface area contributed by atoms with Gasteiger partial charge in [-0.15, -0.1) is 0 Å². The van der Waals surface area contributed by atoms with Crippen molar-refractivity contribution >= 4 is 34.1 Å². The molecule has 5 heteroatoms. The van der Waals surface area contributed by atoms with E-state index in [1.165, 1.54) is 0 Å². The van der Waals surface area contributed by atoms with E-state index in [1.54, 1.807) is 18.3 Å². The second-order valence-corrected chi connectivity index (χ2v) is 8.47. The van der Waals surface area contributed by atoms with Crippen molar-refractivity contribution in [3.05, 3.63) is 78.5 Å². The molecule has 1 aliphatic heterocycles. The van der Waals surface area contributed by atoms with E-state index in [2.05, 4.69) is 22.5 Å². The Hall–Kier alpha value is -3.47. The number of para-hydroxylation sites is 1. The normalized spacial score (nSPS) is 26.4. The topological polar surface area (TPSA) is 62.3 Å². The summed E-state index contributed by atoms with van der Waals surface area (Å²) in [7, 11) is 0. The van der Waals surface area contributed by atoms with Gasteiger partial charge in [-0.05, 0) is 60.6 Å². The third-order valence-electron chi connectivity index (χ3n) is 6.89. The Bertz CT molecular complexity index is 1200. The van der Waals surface area contributed by atoms with Crippen molar-refractivity contribution in [2.75, 3.05) is 16.8 Å². The molecule has 5 nitrogen and oxygen atoms in total. The lowest BCUT2D eigenvalue weighted by atomic mass is 9.86. The number of hydrogen-bond donors (Lipinski definition) is 1. The molecule has 1 saturated carbocycles. The highest BCUT2D eigenvalue weighted by Gasteiger charge is 2.54. The molecule has 0 radical (unpaired) electrons.